The number of carbonyl (C=O) groups is 1. The Morgan fingerprint density at radius 1 is 0.889 bits per heavy atom. The molecule has 3 aromatic rings. The van der Waals surface area contributed by atoms with Crippen LogP contribution < -0.4 is 19.7 Å². The highest BCUT2D eigenvalue weighted by Gasteiger charge is 2.26. The lowest BCUT2D eigenvalue weighted by Crippen LogP contribution is -2.40. The third-order valence-electron chi connectivity index (χ3n) is 7.43. The second-order valence-electron chi connectivity index (χ2n) is 9.62. The summed E-state index contributed by atoms with van der Waals surface area (Å²) in [5.41, 5.74) is 3.91. The zero-order valence-electron chi connectivity index (χ0n) is 21.2. The van der Waals surface area contributed by atoms with Crippen LogP contribution in [-0.2, 0) is 0 Å². The second kappa shape index (κ2) is 11.0. The number of benzene rings is 2. The van der Waals surface area contributed by atoms with Gasteiger partial charge in [0.15, 0.2) is 11.5 Å². The van der Waals surface area contributed by atoms with Crippen molar-refractivity contribution in [2.24, 2.45) is 0 Å². The molecular formula is C28H35N5O3. The van der Waals surface area contributed by atoms with Crippen molar-refractivity contribution >= 4 is 28.3 Å². The van der Waals surface area contributed by atoms with E-state index in [2.05, 4.69) is 32.3 Å². The predicted octanol–water partition coefficient (Wildman–Crippen LogP) is 5.44. The monoisotopic (exact) mass is 489 g/mol. The van der Waals surface area contributed by atoms with E-state index in [9.17, 15) is 4.79 Å². The highest BCUT2D eigenvalue weighted by Crippen LogP contribution is 2.36. The second-order valence-corrected chi connectivity index (χ2v) is 9.62. The third-order valence-corrected chi connectivity index (χ3v) is 7.43. The van der Waals surface area contributed by atoms with E-state index in [1.807, 2.05) is 29.2 Å². The van der Waals surface area contributed by atoms with E-state index in [4.69, 9.17) is 9.47 Å². The van der Waals surface area contributed by atoms with Crippen molar-refractivity contribution < 1.29 is 14.3 Å². The molecule has 190 valence electrons. The SMILES string of the molecule is COc1cc2ncnc(C3CCN(C(=O)Nc4ccc(N5CCCCCC5)cc4)CC3)c2cc1OC. The number of likely N-dealkylation sites (tertiary alicyclic amines) is 1. The zero-order valence-corrected chi connectivity index (χ0v) is 21.2. The van der Waals surface area contributed by atoms with Gasteiger partial charge in [0.2, 0.25) is 0 Å². The molecule has 2 amide bonds. The molecule has 0 spiro atoms. The van der Waals surface area contributed by atoms with Gasteiger partial charge >= 0.3 is 6.03 Å². The van der Waals surface area contributed by atoms with Crippen molar-refractivity contribution in [3.8, 4) is 11.5 Å². The predicted molar refractivity (Wildman–Crippen MR) is 142 cm³/mol. The first-order chi connectivity index (χ1) is 17.7. The summed E-state index contributed by atoms with van der Waals surface area (Å²) in [6, 6.07) is 12.1. The van der Waals surface area contributed by atoms with Gasteiger partial charge in [-0.15, -0.1) is 0 Å². The van der Waals surface area contributed by atoms with Gasteiger partial charge in [-0.25, -0.2) is 14.8 Å². The molecule has 0 bridgehead atoms. The van der Waals surface area contributed by atoms with Crippen molar-refractivity contribution in [1.29, 1.82) is 0 Å². The normalized spacial score (nSPS) is 17.1. The molecule has 0 aliphatic carbocycles. The Kier molecular flexibility index (Phi) is 7.39. The summed E-state index contributed by atoms with van der Waals surface area (Å²) >= 11 is 0. The first-order valence-corrected chi connectivity index (χ1v) is 12.9. The number of nitrogens with zero attached hydrogens (tertiary/aromatic N) is 4. The molecule has 1 aromatic heterocycles. The largest absolute Gasteiger partial charge is 0.493 e. The van der Waals surface area contributed by atoms with Crippen LogP contribution >= 0.6 is 0 Å². The maximum absolute atomic E-state index is 13.0. The number of urea groups is 1. The molecule has 8 heteroatoms. The van der Waals surface area contributed by atoms with Crippen molar-refractivity contribution in [2.75, 3.05) is 50.6 Å². The van der Waals surface area contributed by atoms with Gasteiger partial charge in [-0.3, -0.25) is 0 Å². The first kappa shape index (κ1) is 24.2. The molecule has 5 rings (SSSR count). The molecule has 2 aliphatic heterocycles. The Morgan fingerprint density at radius 3 is 2.22 bits per heavy atom. The number of aromatic nitrogens is 2. The maximum atomic E-state index is 13.0. The Morgan fingerprint density at radius 2 is 1.56 bits per heavy atom. The number of rotatable bonds is 5. The van der Waals surface area contributed by atoms with E-state index in [1.165, 1.54) is 31.4 Å². The summed E-state index contributed by atoms with van der Waals surface area (Å²) in [4.78, 5) is 26.4. The fourth-order valence-corrected chi connectivity index (χ4v) is 5.37. The highest BCUT2D eigenvalue weighted by atomic mass is 16.5. The molecule has 8 nitrogen and oxygen atoms in total. The Hall–Kier alpha value is -3.55. The number of hydrogen-bond acceptors (Lipinski definition) is 6. The smallest absolute Gasteiger partial charge is 0.321 e. The molecule has 0 atom stereocenters. The van der Waals surface area contributed by atoms with Gasteiger partial charge in [0.1, 0.15) is 6.33 Å². The van der Waals surface area contributed by atoms with Gasteiger partial charge in [0, 0.05) is 54.9 Å². The molecule has 1 N–H and O–H groups in total. The topological polar surface area (TPSA) is 79.8 Å². The highest BCUT2D eigenvalue weighted by molar-refractivity contribution is 5.90. The van der Waals surface area contributed by atoms with Gasteiger partial charge < -0.3 is 24.6 Å². The average molecular weight is 490 g/mol. The molecule has 2 saturated heterocycles. The van der Waals surface area contributed by atoms with Crippen LogP contribution in [0.25, 0.3) is 10.9 Å². The zero-order chi connectivity index (χ0) is 24.9. The van der Waals surface area contributed by atoms with E-state index in [1.54, 1.807) is 20.5 Å². The summed E-state index contributed by atoms with van der Waals surface area (Å²) in [7, 11) is 3.25. The minimum atomic E-state index is -0.0464. The van der Waals surface area contributed by atoms with Gasteiger partial charge in [-0.1, -0.05) is 12.8 Å². The first-order valence-electron chi connectivity index (χ1n) is 12.9. The molecule has 0 unspecified atom stereocenters. The summed E-state index contributed by atoms with van der Waals surface area (Å²) < 4.78 is 10.9. The lowest BCUT2D eigenvalue weighted by atomic mass is 9.91. The van der Waals surface area contributed by atoms with Crippen LogP contribution in [0.5, 0.6) is 11.5 Å². The lowest BCUT2D eigenvalue weighted by molar-refractivity contribution is 0.194. The molecular weight excluding hydrogens is 454 g/mol. The van der Waals surface area contributed by atoms with E-state index < -0.39 is 0 Å². The molecule has 0 radical (unpaired) electrons. The van der Waals surface area contributed by atoms with E-state index >= 15 is 0 Å². The minimum absolute atomic E-state index is 0.0464. The Labute approximate surface area is 212 Å². The molecule has 2 aromatic carbocycles. The van der Waals surface area contributed by atoms with Crippen LogP contribution in [0.4, 0.5) is 16.2 Å². The number of amides is 2. The van der Waals surface area contributed by atoms with Crippen molar-refractivity contribution in [2.45, 2.75) is 44.4 Å². The molecule has 36 heavy (non-hydrogen) atoms. The van der Waals surface area contributed by atoms with Gasteiger partial charge in [-0.2, -0.15) is 0 Å². The summed E-state index contributed by atoms with van der Waals surface area (Å²) in [6.07, 6.45) is 8.44. The molecule has 2 aliphatic rings. The number of ether oxygens (including phenoxy) is 2. The Bertz CT molecular complexity index is 1180. The maximum Gasteiger partial charge on any atom is 0.321 e. The molecule has 0 saturated carbocycles. The minimum Gasteiger partial charge on any atom is -0.493 e. The standard InChI is InChI=1S/C28H35N5O3/c1-35-25-17-23-24(18-26(25)36-2)29-19-30-27(23)20-11-15-33(16-12-20)28(34)31-21-7-9-22(10-8-21)32-13-5-3-4-6-14-32/h7-10,17-20H,3-6,11-16H2,1-2H3,(H,31,34). The number of methoxy groups -OCH3 is 2. The van der Waals surface area contributed by atoms with Gasteiger partial charge in [0.05, 0.1) is 25.4 Å². The Balaban J connectivity index is 1.21. The van der Waals surface area contributed by atoms with Crippen LogP contribution in [0.3, 0.4) is 0 Å². The summed E-state index contributed by atoms with van der Waals surface area (Å²) in [6.45, 7) is 3.59. The number of anilines is 2. The number of hydrogen-bond donors (Lipinski definition) is 1. The number of carbonyl (C=O) groups excluding carboxylic acids is 1. The summed E-state index contributed by atoms with van der Waals surface area (Å²) in [5.74, 6) is 1.57. The van der Waals surface area contributed by atoms with Crippen LogP contribution in [0.1, 0.15) is 50.1 Å². The van der Waals surface area contributed by atoms with Crippen LogP contribution in [0, 0.1) is 0 Å². The summed E-state index contributed by atoms with van der Waals surface area (Å²) in [5, 5.41) is 4.05. The van der Waals surface area contributed by atoms with Crippen LogP contribution in [0.2, 0.25) is 0 Å². The molecule has 3 heterocycles. The van der Waals surface area contributed by atoms with Gasteiger partial charge in [-0.05, 0) is 56.0 Å². The van der Waals surface area contributed by atoms with Gasteiger partial charge in [0.25, 0.3) is 0 Å². The van der Waals surface area contributed by atoms with E-state index in [0.717, 1.165) is 48.2 Å². The number of nitrogens with one attached hydrogen (secondary N) is 1. The lowest BCUT2D eigenvalue weighted by Gasteiger charge is -2.32. The van der Waals surface area contributed by atoms with Crippen molar-refractivity contribution in [1.82, 2.24) is 14.9 Å². The molecule has 2 fully saturated rings. The van der Waals surface area contributed by atoms with E-state index in [0.29, 0.717) is 24.6 Å². The van der Waals surface area contributed by atoms with Crippen LogP contribution in [0.15, 0.2) is 42.7 Å². The fraction of sp³-hybridized carbons (Fsp3) is 0.464. The fourth-order valence-electron chi connectivity index (χ4n) is 5.37. The third kappa shape index (κ3) is 5.17. The number of piperidine rings is 1. The van der Waals surface area contributed by atoms with Crippen molar-refractivity contribution in [3.63, 3.8) is 0 Å². The van der Waals surface area contributed by atoms with Crippen LogP contribution in [-0.4, -0.2) is 61.3 Å². The number of fused-ring (bicyclic) bond motifs is 1. The van der Waals surface area contributed by atoms with E-state index in [-0.39, 0.29) is 11.9 Å². The quantitative estimate of drug-likeness (QED) is 0.514. The van der Waals surface area contributed by atoms with Crippen molar-refractivity contribution in [3.05, 3.63) is 48.4 Å². The average Bonchev–Trinajstić information content (AvgIpc) is 3.22.